The summed E-state index contributed by atoms with van der Waals surface area (Å²) in [7, 11) is 0. The Bertz CT molecular complexity index is 771. The van der Waals surface area contributed by atoms with Crippen LogP contribution in [0.25, 0.3) is 21.7 Å². The molecule has 2 aromatic heterocycles. The van der Waals surface area contributed by atoms with E-state index in [1.54, 1.807) is 11.3 Å². The Balaban J connectivity index is 2.25. The van der Waals surface area contributed by atoms with E-state index >= 15 is 0 Å². The molecule has 0 saturated heterocycles. The Morgan fingerprint density at radius 3 is 2.55 bits per heavy atom. The number of nitrogens with two attached hydrogens (primary N) is 1. The fourth-order valence-electron chi connectivity index (χ4n) is 2.08. The SMILES string of the molecule is N#Cc1c(-c2ccccc2)cc(-c2cccs2)nc1N. The van der Waals surface area contributed by atoms with E-state index in [2.05, 4.69) is 11.1 Å². The van der Waals surface area contributed by atoms with E-state index in [1.807, 2.05) is 53.9 Å². The lowest BCUT2D eigenvalue weighted by molar-refractivity contribution is 1.32. The molecule has 0 radical (unpaired) electrons. The average Bonchev–Trinajstić information content (AvgIpc) is 3.01. The quantitative estimate of drug-likeness (QED) is 0.772. The summed E-state index contributed by atoms with van der Waals surface area (Å²) in [5.41, 5.74) is 8.97. The van der Waals surface area contributed by atoms with Crippen LogP contribution in [0.15, 0.2) is 53.9 Å². The molecule has 0 aliphatic rings. The summed E-state index contributed by atoms with van der Waals surface area (Å²) >= 11 is 1.60. The Morgan fingerprint density at radius 2 is 1.90 bits per heavy atom. The number of nitrogen functional groups attached to an aromatic ring is 1. The molecule has 4 heteroatoms. The molecule has 0 aliphatic heterocycles. The number of benzene rings is 1. The maximum atomic E-state index is 9.31. The van der Waals surface area contributed by atoms with Crippen LogP contribution in [-0.4, -0.2) is 4.98 Å². The van der Waals surface area contributed by atoms with Gasteiger partial charge in [-0.1, -0.05) is 36.4 Å². The summed E-state index contributed by atoms with van der Waals surface area (Å²) in [6.07, 6.45) is 0. The van der Waals surface area contributed by atoms with Crippen molar-refractivity contribution in [2.75, 3.05) is 5.73 Å². The largest absolute Gasteiger partial charge is 0.383 e. The van der Waals surface area contributed by atoms with Gasteiger partial charge < -0.3 is 5.73 Å². The lowest BCUT2D eigenvalue weighted by Gasteiger charge is -2.09. The van der Waals surface area contributed by atoms with E-state index in [9.17, 15) is 5.26 Å². The summed E-state index contributed by atoms with van der Waals surface area (Å²) in [4.78, 5) is 5.38. The molecule has 3 nitrogen and oxygen atoms in total. The molecule has 0 unspecified atom stereocenters. The molecule has 2 heterocycles. The van der Waals surface area contributed by atoms with E-state index < -0.39 is 0 Å². The van der Waals surface area contributed by atoms with Gasteiger partial charge in [0, 0.05) is 5.56 Å². The van der Waals surface area contributed by atoms with Crippen LogP contribution in [0.1, 0.15) is 5.56 Å². The first kappa shape index (κ1) is 12.4. The zero-order valence-corrected chi connectivity index (χ0v) is 11.4. The molecular weight excluding hydrogens is 266 g/mol. The monoisotopic (exact) mass is 277 g/mol. The van der Waals surface area contributed by atoms with Gasteiger partial charge in [0.15, 0.2) is 0 Å². The zero-order chi connectivity index (χ0) is 13.9. The highest BCUT2D eigenvalue weighted by Crippen LogP contribution is 2.32. The van der Waals surface area contributed by atoms with E-state index in [0.717, 1.165) is 21.7 Å². The minimum absolute atomic E-state index is 0.275. The number of nitriles is 1. The smallest absolute Gasteiger partial charge is 0.142 e. The number of thiophene rings is 1. The molecule has 96 valence electrons. The number of aromatic nitrogens is 1. The summed E-state index contributed by atoms with van der Waals surface area (Å²) < 4.78 is 0. The normalized spacial score (nSPS) is 10.2. The highest BCUT2D eigenvalue weighted by Gasteiger charge is 2.13. The van der Waals surface area contributed by atoms with Gasteiger partial charge in [0.05, 0.1) is 10.6 Å². The molecule has 0 amide bonds. The van der Waals surface area contributed by atoms with Gasteiger partial charge in [0.1, 0.15) is 17.5 Å². The second kappa shape index (κ2) is 5.16. The number of pyridine rings is 1. The van der Waals surface area contributed by atoms with Crippen molar-refractivity contribution < 1.29 is 0 Å². The number of nitrogens with zero attached hydrogens (tertiary/aromatic N) is 2. The van der Waals surface area contributed by atoms with Crippen molar-refractivity contribution in [3.05, 3.63) is 59.5 Å². The molecular formula is C16H11N3S. The van der Waals surface area contributed by atoms with Crippen molar-refractivity contribution in [1.82, 2.24) is 4.98 Å². The third-order valence-electron chi connectivity index (χ3n) is 3.02. The minimum Gasteiger partial charge on any atom is -0.383 e. The van der Waals surface area contributed by atoms with Gasteiger partial charge in [0.25, 0.3) is 0 Å². The van der Waals surface area contributed by atoms with E-state index in [4.69, 9.17) is 5.73 Å². The van der Waals surface area contributed by atoms with Gasteiger partial charge in [-0.2, -0.15) is 5.26 Å². The van der Waals surface area contributed by atoms with Crippen LogP contribution in [0.4, 0.5) is 5.82 Å². The predicted molar refractivity (Wildman–Crippen MR) is 82.1 cm³/mol. The van der Waals surface area contributed by atoms with Crippen molar-refractivity contribution >= 4 is 17.2 Å². The topological polar surface area (TPSA) is 62.7 Å². The first-order valence-electron chi connectivity index (χ1n) is 6.09. The fraction of sp³-hybridized carbons (Fsp3) is 0. The molecule has 0 spiro atoms. The van der Waals surface area contributed by atoms with E-state index in [1.165, 1.54) is 0 Å². The average molecular weight is 277 g/mol. The Kier molecular flexibility index (Phi) is 3.20. The van der Waals surface area contributed by atoms with Gasteiger partial charge in [-0.3, -0.25) is 0 Å². The number of hydrogen-bond acceptors (Lipinski definition) is 4. The molecule has 2 N–H and O–H groups in total. The van der Waals surface area contributed by atoms with Gasteiger partial charge in [0.2, 0.25) is 0 Å². The molecule has 1 aromatic carbocycles. The highest BCUT2D eigenvalue weighted by atomic mass is 32.1. The van der Waals surface area contributed by atoms with Gasteiger partial charge in [-0.15, -0.1) is 11.3 Å². The number of rotatable bonds is 2. The standard InChI is InChI=1S/C16H11N3S/c17-10-13-12(11-5-2-1-3-6-11)9-14(19-16(13)18)15-7-4-8-20-15/h1-9H,(H2,18,19). The van der Waals surface area contributed by atoms with E-state index in [0.29, 0.717) is 5.56 Å². The maximum Gasteiger partial charge on any atom is 0.142 e. The van der Waals surface area contributed by atoms with Crippen LogP contribution in [-0.2, 0) is 0 Å². The van der Waals surface area contributed by atoms with Gasteiger partial charge in [-0.05, 0) is 23.1 Å². The summed E-state index contributed by atoms with van der Waals surface area (Å²) in [5, 5.41) is 11.3. The second-order valence-corrected chi connectivity index (χ2v) is 5.22. The molecule has 0 atom stereocenters. The minimum atomic E-state index is 0.275. The molecule has 20 heavy (non-hydrogen) atoms. The molecule has 3 rings (SSSR count). The summed E-state index contributed by atoms with van der Waals surface area (Å²) in [6, 6.07) is 17.8. The summed E-state index contributed by atoms with van der Waals surface area (Å²) in [6.45, 7) is 0. The van der Waals surface area contributed by atoms with Crippen LogP contribution in [0.3, 0.4) is 0 Å². The first-order valence-corrected chi connectivity index (χ1v) is 6.97. The molecule has 0 saturated carbocycles. The van der Waals surface area contributed by atoms with Crippen LogP contribution >= 0.6 is 11.3 Å². The zero-order valence-electron chi connectivity index (χ0n) is 10.6. The fourth-order valence-corrected chi connectivity index (χ4v) is 2.76. The van der Waals surface area contributed by atoms with Crippen molar-refractivity contribution in [2.45, 2.75) is 0 Å². The molecule has 0 bridgehead atoms. The van der Waals surface area contributed by atoms with Crippen molar-refractivity contribution in [3.63, 3.8) is 0 Å². The summed E-state index contributed by atoms with van der Waals surface area (Å²) in [5.74, 6) is 0.275. The van der Waals surface area contributed by atoms with Crippen molar-refractivity contribution in [2.24, 2.45) is 0 Å². The Labute approximate surface area is 121 Å². The van der Waals surface area contributed by atoms with E-state index in [-0.39, 0.29) is 5.82 Å². The van der Waals surface area contributed by atoms with Crippen LogP contribution < -0.4 is 5.73 Å². The molecule has 3 aromatic rings. The highest BCUT2D eigenvalue weighted by molar-refractivity contribution is 7.13. The van der Waals surface area contributed by atoms with Crippen molar-refractivity contribution in [3.8, 4) is 27.8 Å². The lowest BCUT2D eigenvalue weighted by Crippen LogP contribution is -1.99. The van der Waals surface area contributed by atoms with Crippen LogP contribution in [0, 0.1) is 11.3 Å². The number of hydrogen-bond donors (Lipinski definition) is 1. The predicted octanol–water partition coefficient (Wildman–Crippen LogP) is 3.93. The Hall–Kier alpha value is -2.64. The van der Waals surface area contributed by atoms with Gasteiger partial charge >= 0.3 is 0 Å². The van der Waals surface area contributed by atoms with Crippen LogP contribution in [0.5, 0.6) is 0 Å². The third-order valence-corrected chi connectivity index (χ3v) is 3.91. The second-order valence-electron chi connectivity index (χ2n) is 4.27. The van der Waals surface area contributed by atoms with Crippen LogP contribution in [0.2, 0.25) is 0 Å². The first-order chi connectivity index (χ1) is 9.79. The van der Waals surface area contributed by atoms with Crippen molar-refractivity contribution in [1.29, 1.82) is 5.26 Å². The van der Waals surface area contributed by atoms with Gasteiger partial charge in [-0.25, -0.2) is 4.98 Å². The lowest BCUT2D eigenvalue weighted by atomic mass is 10.00. The Morgan fingerprint density at radius 1 is 1.10 bits per heavy atom. The third kappa shape index (κ3) is 2.15. The molecule has 0 fully saturated rings. The molecule has 0 aliphatic carbocycles. The maximum absolute atomic E-state index is 9.31. The number of anilines is 1.